The molecule has 2 rings (SSSR count). The Kier molecular flexibility index (Phi) is 4.00. The SMILES string of the molecule is COc1ccccc1CCC(=O)n1nc(C)cc1C. The van der Waals surface area contributed by atoms with Gasteiger partial charge in [0.1, 0.15) is 5.75 Å². The van der Waals surface area contributed by atoms with E-state index in [2.05, 4.69) is 5.10 Å². The molecular formula is C15H18N2O2. The van der Waals surface area contributed by atoms with E-state index >= 15 is 0 Å². The highest BCUT2D eigenvalue weighted by atomic mass is 16.5. The lowest BCUT2D eigenvalue weighted by molar-refractivity contribution is 0.0884. The third kappa shape index (κ3) is 3.02. The van der Waals surface area contributed by atoms with Crippen LogP contribution in [0.3, 0.4) is 0 Å². The van der Waals surface area contributed by atoms with Gasteiger partial charge in [-0.25, -0.2) is 4.68 Å². The van der Waals surface area contributed by atoms with Crippen molar-refractivity contribution in [3.8, 4) is 5.75 Å². The number of hydrogen-bond acceptors (Lipinski definition) is 3. The van der Waals surface area contributed by atoms with E-state index in [1.54, 1.807) is 7.11 Å². The minimum absolute atomic E-state index is 0.0107. The molecule has 0 fully saturated rings. The van der Waals surface area contributed by atoms with E-state index in [1.165, 1.54) is 4.68 Å². The maximum absolute atomic E-state index is 12.1. The summed E-state index contributed by atoms with van der Waals surface area (Å²) in [6, 6.07) is 9.66. The second-order valence-electron chi connectivity index (χ2n) is 4.54. The first-order chi connectivity index (χ1) is 9.11. The number of rotatable bonds is 4. The Labute approximate surface area is 113 Å². The molecule has 0 bridgehead atoms. The zero-order valence-electron chi connectivity index (χ0n) is 11.5. The smallest absolute Gasteiger partial charge is 0.247 e. The van der Waals surface area contributed by atoms with Gasteiger partial charge in [0, 0.05) is 12.1 Å². The van der Waals surface area contributed by atoms with Crippen molar-refractivity contribution in [1.29, 1.82) is 0 Å². The lowest BCUT2D eigenvalue weighted by Crippen LogP contribution is -2.14. The van der Waals surface area contributed by atoms with Gasteiger partial charge in [-0.2, -0.15) is 5.10 Å². The summed E-state index contributed by atoms with van der Waals surface area (Å²) in [6.45, 7) is 3.78. The van der Waals surface area contributed by atoms with Crippen LogP contribution >= 0.6 is 0 Å². The number of methoxy groups -OCH3 is 1. The van der Waals surface area contributed by atoms with Gasteiger partial charge >= 0.3 is 0 Å². The van der Waals surface area contributed by atoms with Crippen LogP contribution in [0.1, 0.15) is 28.2 Å². The minimum Gasteiger partial charge on any atom is -0.496 e. The average molecular weight is 258 g/mol. The van der Waals surface area contributed by atoms with Crippen LogP contribution < -0.4 is 4.74 Å². The number of aryl methyl sites for hydroxylation is 3. The molecule has 0 spiro atoms. The lowest BCUT2D eigenvalue weighted by Gasteiger charge is -2.08. The number of nitrogens with zero attached hydrogens (tertiary/aromatic N) is 2. The Morgan fingerprint density at radius 3 is 2.68 bits per heavy atom. The summed E-state index contributed by atoms with van der Waals surface area (Å²) in [6.07, 6.45) is 1.07. The zero-order chi connectivity index (χ0) is 13.8. The molecule has 0 saturated carbocycles. The summed E-state index contributed by atoms with van der Waals surface area (Å²) in [5, 5.41) is 4.20. The minimum atomic E-state index is 0.0107. The first kappa shape index (κ1) is 13.3. The summed E-state index contributed by atoms with van der Waals surface area (Å²) in [4.78, 5) is 12.1. The molecule has 0 unspecified atom stereocenters. The van der Waals surface area contributed by atoms with Crippen molar-refractivity contribution in [3.63, 3.8) is 0 Å². The first-order valence-electron chi connectivity index (χ1n) is 6.30. The summed E-state index contributed by atoms with van der Waals surface area (Å²) in [7, 11) is 1.64. The second-order valence-corrected chi connectivity index (χ2v) is 4.54. The molecule has 100 valence electrons. The van der Waals surface area contributed by atoms with Crippen LogP contribution in [0.2, 0.25) is 0 Å². The van der Waals surface area contributed by atoms with Gasteiger partial charge in [-0.15, -0.1) is 0 Å². The fourth-order valence-corrected chi connectivity index (χ4v) is 2.14. The number of carbonyl (C=O) groups is 1. The van der Waals surface area contributed by atoms with Gasteiger partial charge in [0.15, 0.2) is 0 Å². The number of hydrogen-bond donors (Lipinski definition) is 0. The molecule has 2 aromatic rings. The molecule has 0 amide bonds. The predicted molar refractivity (Wildman–Crippen MR) is 73.6 cm³/mol. The highest BCUT2D eigenvalue weighted by molar-refractivity contribution is 5.79. The van der Waals surface area contributed by atoms with E-state index < -0.39 is 0 Å². The maximum Gasteiger partial charge on any atom is 0.247 e. The molecule has 1 aromatic heterocycles. The van der Waals surface area contributed by atoms with Crippen LogP contribution in [0.5, 0.6) is 5.75 Å². The van der Waals surface area contributed by atoms with Crippen molar-refractivity contribution >= 4 is 5.91 Å². The van der Waals surface area contributed by atoms with E-state index in [1.807, 2.05) is 44.2 Å². The molecule has 19 heavy (non-hydrogen) atoms. The zero-order valence-corrected chi connectivity index (χ0v) is 11.5. The largest absolute Gasteiger partial charge is 0.496 e. The van der Waals surface area contributed by atoms with Gasteiger partial charge in [0.2, 0.25) is 5.91 Å². The van der Waals surface area contributed by atoms with Gasteiger partial charge in [-0.3, -0.25) is 4.79 Å². The van der Waals surface area contributed by atoms with Crippen molar-refractivity contribution in [2.45, 2.75) is 26.7 Å². The Balaban J connectivity index is 2.06. The van der Waals surface area contributed by atoms with Crippen LogP contribution in [0, 0.1) is 13.8 Å². The number of carbonyl (C=O) groups excluding carboxylic acids is 1. The van der Waals surface area contributed by atoms with Crippen LogP contribution in [0.15, 0.2) is 30.3 Å². The second kappa shape index (κ2) is 5.69. The average Bonchev–Trinajstić information content (AvgIpc) is 2.75. The van der Waals surface area contributed by atoms with E-state index in [-0.39, 0.29) is 5.91 Å². The summed E-state index contributed by atoms with van der Waals surface area (Å²) >= 11 is 0. The molecule has 1 heterocycles. The van der Waals surface area contributed by atoms with Crippen molar-refractivity contribution in [2.75, 3.05) is 7.11 Å². The summed E-state index contributed by atoms with van der Waals surface area (Å²) < 4.78 is 6.75. The van der Waals surface area contributed by atoms with Crippen LogP contribution in [0.4, 0.5) is 0 Å². The van der Waals surface area contributed by atoms with E-state index in [9.17, 15) is 4.79 Å². The van der Waals surface area contributed by atoms with Crippen molar-refractivity contribution < 1.29 is 9.53 Å². The number of benzene rings is 1. The molecular weight excluding hydrogens is 240 g/mol. The number of ether oxygens (including phenoxy) is 1. The highest BCUT2D eigenvalue weighted by Gasteiger charge is 2.11. The molecule has 0 aliphatic heterocycles. The molecule has 0 aliphatic carbocycles. The third-order valence-electron chi connectivity index (χ3n) is 3.05. The quantitative estimate of drug-likeness (QED) is 0.847. The van der Waals surface area contributed by atoms with Crippen molar-refractivity contribution in [3.05, 3.63) is 47.3 Å². The van der Waals surface area contributed by atoms with Crippen LogP contribution in [0.25, 0.3) is 0 Å². The Morgan fingerprint density at radius 2 is 2.05 bits per heavy atom. The lowest BCUT2D eigenvalue weighted by atomic mass is 10.1. The van der Waals surface area contributed by atoms with Gasteiger partial charge in [0.05, 0.1) is 12.8 Å². The molecule has 0 radical (unpaired) electrons. The van der Waals surface area contributed by atoms with Gasteiger partial charge in [-0.1, -0.05) is 18.2 Å². The molecule has 0 aliphatic rings. The molecule has 0 saturated heterocycles. The Hall–Kier alpha value is -2.10. The molecule has 1 aromatic carbocycles. The van der Waals surface area contributed by atoms with Crippen LogP contribution in [-0.2, 0) is 6.42 Å². The fourth-order valence-electron chi connectivity index (χ4n) is 2.14. The molecule has 4 heteroatoms. The summed E-state index contributed by atoms with van der Waals surface area (Å²) in [5.74, 6) is 0.833. The van der Waals surface area contributed by atoms with Gasteiger partial charge in [0.25, 0.3) is 0 Å². The Morgan fingerprint density at radius 1 is 1.32 bits per heavy atom. The topological polar surface area (TPSA) is 44.1 Å². The fraction of sp³-hybridized carbons (Fsp3) is 0.333. The van der Waals surface area contributed by atoms with E-state index in [0.717, 1.165) is 22.7 Å². The molecule has 0 atom stereocenters. The summed E-state index contributed by atoms with van der Waals surface area (Å²) in [5.41, 5.74) is 2.78. The van der Waals surface area contributed by atoms with Gasteiger partial charge in [-0.05, 0) is 38.0 Å². The van der Waals surface area contributed by atoms with E-state index in [0.29, 0.717) is 12.8 Å². The molecule has 4 nitrogen and oxygen atoms in total. The monoisotopic (exact) mass is 258 g/mol. The van der Waals surface area contributed by atoms with Crippen molar-refractivity contribution in [2.24, 2.45) is 0 Å². The standard InChI is InChI=1S/C15H18N2O2/c1-11-10-12(2)17(16-11)15(18)9-8-13-6-4-5-7-14(13)19-3/h4-7,10H,8-9H2,1-3H3. The van der Waals surface area contributed by atoms with Crippen molar-refractivity contribution in [1.82, 2.24) is 9.78 Å². The van der Waals surface area contributed by atoms with E-state index in [4.69, 9.17) is 4.74 Å². The first-order valence-corrected chi connectivity index (χ1v) is 6.30. The number of aromatic nitrogens is 2. The van der Waals surface area contributed by atoms with Gasteiger partial charge < -0.3 is 4.74 Å². The Bertz CT molecular complexity index is 588. The highest BCUT2D eigenvalue weighted by Crippen LogP contribution is 2.19. The van der Waals surface area contributed by atoms with Crippen LogP contribution in [-0.4, -0.2) is 22.8 Å². The molecule has 0 N–H and O–H groups in total. The third-order valence-corrected chi connectivity index (χ3v) is 3.05. The number of para-hydroxylation sites is 1. The normalized spacial score (nSPS) is 10.5. The predicted octanol–water partition coefficient (Wildman–Crippen LogP) is 2.78. The maximum atomic E-state index is 12.1.